The Bertz CT molecular complexity index is 357. The normalized spacial score (nSPS) is 21.4. The SMILES string of the molecule is Cc1ccc2c(c1)C(=O)C(Br)CC2. The third kappa shape index (κ3) is 1.55. The lowest BCUT2D eigenvalue weighted by atomic mass is 9.89. The first kappa shape index (κ1) is 8.95. The van der Waals surface area contributed by atoms with Gasteiger partial charge in [-0.3, -0.25) is 4.79 Å². The maximum atomic E-state index is 11.7. The van der Waals surface area contributed by atoms with Crippen LogP contribution in [0.5, 0.6) is 0 Å². The summed E-state index contributed by atoms with van der Waals surface area (Å²) in [5, 5.41) is 0. The van der Waals surface area contributed by atoms with Gasteiger partial charge in [-0.2, -0.15) is 0 Å². The van der Waals surface area contributed by atoms with Crippen molar-refractivity contribution in [2.75, 3.05) is 0 Å². The van der Waals surface area contributed by atoms with E-state index in [0.29, 0.717) is 0 Å². The van der Waals surface area contributed by atoms with Crippen LogP contribution in [-0.2, 0) is 6.42 Å². The van der Waals surface area contributed by atoms with Crippen LogP contribution in [0.4, 0.5) is 0 Å². The van der Waals surface area contributed by atoms with Gasteiger partial charge in [-0.25, -0.2) is 0 Å². The van der Waals surface area contributed by atoms with Gasteiger partial charge >= 0.3 is 0 Å². The summed E-state index contributed by atoms with van der Waals surface area (Å²) in [7, 11) is 0. The molecule has 1 aliphatic rings. The summed E-state index contributed by atoms with van der Waals surface area (Å²) >= 11 is 3.40. The predicted molar refractivity (Wildman–Crippen MR) is 56.5 cm³/mol. The summed E-state index contributed by atoms with van der Waals surface area (Å²) in [5.41, 5.74) is 3.27. The molecule has 0 heterocycles. The topological polar surface area (TPSA) is 17.1 Å². The van der Waals surface area contributed by atoms with Gasteiger partial charge < -0.3 is 0 Å². The fraction of sp³-hybridized carbons (Fsp3) is 0.364. The number of Topliss-reactive ketones (excluding diaryl/α,β-unsaturated/α-hetero) is 1. The van der Waals surface area contributed by atoms with Crippen LogP contribution >= 0.6 is 15.9 Å². The first-order valence-corrected chi connectivity index (χ1v) is 5.38. The van der Waals surface area contributed by atoms with Crippen LogP contribution < -0.4 is 0 Å². The minimum atomic E-state index is 0.0294. The molecule has 1 aromatic rings. The fourth-order valence-electron chi connectivity index (χ4n) is 1.72. The molecule has 0 fully saturated rings. The Kier molecular flexibility index (Phi) is 2.24. The van der Waals surface area contributed by atoms with Crippen LogP contribution in [0.1, 0.15) is 27.9 Å². The van der Waals surface area contributed by atoms with Crippen molar-refractivity contribution in [3.63, 3.8) is 0 Å². The molecular formula is C11H11BrO. The number of halogens is 1. The van der Waals surface area contributed by atoms with Crippen LogP contribution in [-0.4, -0.2) is 10.6 Å². The Labute approximate surface area is 86.3 Å². The molecule has 0 radical (unpaired) electrons. The van der Waals surface area contributed by atoms with E-state index in [-0.39, 0.29) is 10.6 Å². The largest absolute Gasteiger partial charge is 0.293 e. The van der Waals surface area contributed by atoms with Crippen LogP contribution in [0.3, 0.4) is 0 Å². The second-order valence-corrected chi connectivity index (χ2v) is 4.64. The van der Waals surface area contributed by atoms with E-state index in [1.165, 1.54) is 5.56 Å². The number of carbonyl (C=O) groups is 1. The monoisotopic (exact) mass is 238 g/mol. The zero-order valence-corrected chi connectivity index (χ0v) is 9.10. The molecule has 2 heteroatoms. The highest BCUT2D eigenvalue weighted by molar-refractivity contribution is 9.10. The van der Waals surface area contributed by atoms with Crippen molar-refractivity contribution in [2.24, 2.45) is 0 Å². The van der Waals surface area contributed by atoms with E-state index < -0.39 is 0 Å². The maximum Gasteiger partial charge on any atom is 0.176 e. The van der Waals surface area contributed by atoms with Crippen LogP contribution in [0.25, 0.3) is 0 Å². The van der Waals surface area contributed by atoms with E-state index in [0.717, 1.165) is 24.0 Å². The van der Waals surface area contributed by atoms with Gasteiger partial charge in [0.05, 0.1) is 4.83 Å². The van der Waals surface area contributed by atoms with Crippen molar-refractivity contribution in [1.82, 2.24) is 0 Å². The van der Waals surface area contributed by atoms with Gasteiger partial charge in [-0.15, -0.1) is 0 Å². The molecule has 0 saturated carbocycles. The van der Waals surface area contributed by atoms with Gasteiger partial charge in [0.2, 0.25) is 0 Å². The lowest BCUT2D eigenvalue weighted by Gasteiger charge is -2.19. The number of hydrogen-bond donors (Lipinski definition) is 0. The van der Waals surface area contributed by atoms with Crippen LogP contribution in [0, 0.1) is 6.92 Å². The molecule has 2 rings (SSSR count). The van der Waals surface area contributed by atoms with E-state index in [9.17, 15) is 4.79 Å². The van der Waals surface area contributed by atoms with Crippen molar-refractivity contribution in [1.29, 1.82) is 0 Å². The van der Waals surface area contributed by atoms with Crippen LogP contribution in [0.2, 0.25) is 0 Å². The van der Waals surface area contributed by atoms with Crippen LogP contribution in [0.15, 0.2) is 18.2 Å². The number of ketones is 1. The average molecular weight is 239 g/mol. The molecule has 0 aromatic heterocycles. The highest BCUT2D eigenvalue weighted by Gasteiger charge is 2.24. The highest BCUT2D eigenvalue weighted by Crippen LogP contribution is 2.26. The van der Waals surface area contributed by atoms with Crippen molar-refractivity contribution in [3.05, 3.63) is 34.9 Å². The summed E-state index contributed by atoms with van der Waals surface area (Å²) in [6.45, 7) is 2.02. The van der Waals surface area contributed by atoms with Gasteiger partial charge in [0.15, 0.2) is 5.78 Å². The highest BCUT2D eigenvalue weighted by atomic mass is 79.9. The molecule has 0 aliphatic heterocycles. The van der Waals surface area contributed by atoms with Gasteiger partial charge in [0, 0.05) is 5.56 Å². The van der Waals surface area contributed by atoms with Gasteiger partial charge in [-0.1, -0.05) is 33.6 Å². The van der Waals surface area contributed by atoms with Crippen molar-refractivity contribution in [3.8, 4) is 0 Å². The van der Waals surface area contributed by atoms with E-state index >= 15 is 0 Å². The number of fused-ring (bicyclic) bond motifs is 1. The van der Waals surface area contributed by atoms with E-state index in [4.69, 9.17) is 0 Å². The Morgan fingerprint density at radius 1 is 1.46 bits per heavy atom. The third-order valence-electron chi connectivity index (χ3n) is 2.48. The third-order valence-corrected chi connectivity index (χ3v) is 3.36. The van der Waals surface area contributed by atoms with Gasteiger partial charge in [-0.05, 0) is 31.4 Å². The molecule has 1 atom stereocenters. The van der Waals surface area contributed by atoms with Crippen molar-refractivity contribution in [2.45, 2.75) is 24.6 Å². The Morgan fingerprint density at radius 3 is 3.00 bits per heavy atom. The predicted octanol–water partition coefficient (Wildman–Crippen LogP) is 2.89. The first-order valence-electron chi connectivity index (χ1n) is 4.46. The summed E-state index contributed by atoms with van der Waals surface area (Å²) in [4.78, 5) is 11.8. The zero-order valence-electron chi connectivity index (χ0n) is 7.51. The summed E-state index contributed by atoms with van der Waals surface area (Å²) < 4.78 is 0. The molecule has 1 aromatic carbocycles. The molecule has 68 valence electrons. The number of aryl methyl sites for hydroxylation is 2. The van der Waals surface area contributed by atoms with E-state index in [1.54, 1.807) is 0 Å². The molecule has 0 spiro atoms. The summed E-state index contributed by atoms with van der Waals surface area (Å²) in [5.74, 6) is 0.241. The number of carbonyl (C=O) groups excluding carboxylic acids is 1. The van der Waals surface area contributed by atoms with E-state index in [2.05, 4.69) is 28.1 Å². The molecule has 13 heavy (non-hydrogen) atoms. The Balaban J connectivity index is 2.51. The molecule has 0 bridgehead atoms. The van der Waals surface area contributed by atoms with Gasteiger partial charge in [0.25, 0.3) is 0 Å². The molecule has 0 N–H and O–H groups in total. The average Bonchev–Trinajstić information content (AvgIpc) is 2.12. The molecule has 0 amide bonds. The molecule has 1 nitrogen and oxygen atoms in total. The minimum Gasteiger partial charge on any atom is -0.293 e. The first-order chi connectivity index (χ1) is 6.18. The van der Waals surface area contributed by atoms with E-state index in [1.807, 2.05) is 13.0 Å². The second kappa shape index (κ2) is 3.26. The van der Waals surface area contributed by atoms with Crippen molar-refractivity contribution < 1.29 is 4.79 Å². The van der Waals surface area contributed by atoms with Crippen molar-refractivity contribution >= 4 is 21.7 Å². The maximum absolute atomic E-state index is 11.7. The molecule has 0 saturated heterocycles. The fourth-order valence-corrected chi connectivity index (χ4v) is 2.20. The Morgan fingerprint density at radius 2 is 2.23 bits per heavy atom. The summed E-state index contributed by atoms with van der Waals surface area (Å²) in [6, 6.07) is 6.13. The Hall–Kier alpha value is -0.630. The molecule has 1 aliphatic carbocycles. The minimum absolute atomic E-state index is 0.0294. The smallest absolute Gasteiger partial charge is 0.176 e. The molecular weight excluding hydrogens is 228 g/mol. The lowest BCUT2D eigenvalue weighted by molar-refractivity contribution is 0.0981. The lowest BCUT2D eigenvalue weighted by Crippen LogP contribution is -2.22. The number of rotatable bonds is 0. The van der Waals surface area contributed by atoms with Gasteiger partial charge in [0.1, 0.15) is 0 Å². The standard InChI is InChI=1S/C11H11BrO/c1-7-2-3-8-4-5-10(12)11(13)9(8)6-7/h2-3,6,10H,4-5H2,1H3. The number of alkyl halides is 1. The second-order valence-electron chi connectivity index (χ2n) is 3.53. The summed E-state index contributed by atoms with van der Waals surface area (Å²) in [6.07, 6.45) is 1.94. The molecule has 1 unspecified atom stereocenters. The quantitative estimate of drug-likeness (QED) is 0.636. The number of benzene rings is 1. The zero-order chi connectivity index (χ0) is 9.42. The number of hydrogen-bond acceptors (Lipinski definition) is 1.